The molecule has 5 heteroatoms. The minimum atomic E-state index is 0.467. The summed E-state index contributed by atoms with van der Waals surface area (Å²) < 4.78 is 7.56. The molecule has 102 valence electrons. The number of aryl methyl sites for hydroxylation is 2. The van der Waals surface area contributed by atoms with E-state index >= 15 is 0 Å². The first-order chi connectivity index (χ1) is 8.70. The van der Waals surface area contributed by atoms with Crippen molar-refractivity contribution in [2.75, 3.05) is 32.8 Å². The van der Waals surface area contributed by atoms with Crippen molar-refractivity contribution in [3.05, 3.63) is 17.5 Å². The fourth-order valence-electron chi connectivity index (χ4n) is 2.42. The number of ether oxygens (including phenoxy) is 1. The summed E-state index contributed by atoms with van der Waals surface area (Å²) in [6.45, 7) is 9.79. The van der Waals surface area contributed by atoms with Crippen LogP contribution in [-0.4, -0.2) is 53.6 Å². The van der Waals surface area contributed by atoms with E-state index in [0.29, 0.717) is 6.04 Å². The topological polar surface area (TPSA) is 42.3 Å². The first-order valence-electron chi connectivity index (χ1n) is 6.72. The lowest BCUT2D eigenvalue weighted by molar-refractivity contribution is -0.0117. The molecule has 1 fully saturated rings. The van der Waals surface area contributed by atoms with Gasteiger partial charge in [-0.1, -0.05) is 6.92 Å². The Balaban J connectivity index is 1.98. The van der Waals surface area contributed by atoms with Crippen molar-refractivity contribution in [3.8, 4) is 0 Å². The Morgan fingerprint density at radius 1 is 1.56 bits per heavy atom. The smallest absolute Gasteiger partial charge is 0.0635 e. The van der Waals surface area contributed by atoms with Crippen molar-refractivity contribution < 1.29 is 4.74 Å². The van der Waals surface area contributed by atoms with Crippen LogP contribution in [-0.2, 0) is 18.3 Å². The highest BCUT2D eigenvalue weighted by molar-refractivity contribution is 5.08. The van der Waals surface area contributed by atoms with Crippen LogP contribution in [0.15, 0.2) is 6.07 Å². The molecule has 0 radical (unpaired) electrons. The summed E-state index contributed by atoms with van der Waals surface area (Å²) in [6, 6.07) is 2.63. The maximum absolute atomic E-state index is 5.58. The Hall–Kier alpha value is -0.910. The van der Waals surface area contributed by atoms with Crippen molar-refractivity contribution >= 4 is 0 Å². The normalized spacial score (nSPS) is 21.4. The Morgan fingerprint density at radius 2 is 2.39 bits per heavy atom. The van der Waals surface area contributed by atoms with Gasteiger partial charge in [-0.05, 0) is 19.5 Å². The van der Waals surface area contributed by atoms with Gasteiger partial charge in [-0.3, -0.25) is 9.58 Å². The van der Waals surface area contributed by atoms with Gasteiger partial charge < -0.3 is 10.1 Å². The summed E-state index contributed by atoms with van der Waals surface area (Å²) in [7, 11) is 2.02. The van der Waals surface area contributed by atoms with Crippen LogP contribution in [0.25, 0.3) is 0 Å². The summed E-state index contributed by atoms with van der Waals surface area (Å²) in [5, 5.41) is 7.82. The predicted octanol–water partition coefficient (Wildman–Crippen LogP) is 0.539. The van der Waals surface area contributed by atoms with Crippen LogP contribution in [0.3, 0.4) is 0 Å². The number of hydrogen-bond acceptors (Lipinski definition) is 4. The Labute approximate surface area is 109 Å². The van der Waals surface area contributed by atoms with E-state index in [2.05, 4.69) is 28.3 Å². The fraction of sp³-hybridized carbons (Fsp3) is 0.769. The van der Waals surface area contributed by atoms with Gasteiger partial charge in [-0.25, -0.2) is 0 Å². The van der Waals surface area contributed by atoms with E-state index in [1.807, 2.05) is 18.7 Å². The second-order valence-corrected chi connectivity index (χ2v) is 4.91. The van der Waals surface area contributed by atoms with Gasteiger partial charge in [0.2, 0.25) is 0 Å². The first kappa shape index (κ1) is 13.5. The van der Waals surface area contributed by atoms with Gasteiger partial charge in [-0.2, -0.15) is 5.10 Å². The number of nitrogens with one attached hydrogen (secondary N) is 1. The highest BCUT2D eigenvalue weighted by Gasteiger charge is 2.23. The molecule has 1 atom stereocenters. The maximum atomic E-state index is 5.58. The number of likely N-dealkylation sites (N-methyl/N-ethyl adjacent to an activating group) is 1. The third kappa shape index (κ3) is 3.31. The number of morpholine rings is 1. The lowest BCUT2D eigenvalue weighted by Gasteiger charge is -2.35. The molecule has 1 N–H and O–H groups in total. The molecule has 0 aliphatic carbocycles. The molecule has 1 saturated heterocycles. The molecule has 1 aromatic rings. The third-order valence-electron chi connectivity index (χ3n) is 3.44. The largest absolute Gasteiger partial charge is 0.378 e. The molecule has 0 amide bonds. The molecular weight excluding hydrogens is 228 g/mol. The van der Waals surface area contributed by atoms with E-state index in [-0.39, 0.29) is 0 Å². The Bertz CT molecular complexity index is 377. The van der Waals surface area contributed by atoms with Gasteiger partial charge in [0.05, 0.1) is 24.6 Å². The molecule has 1 unspecified atom stereocenters. The van der Waals surface area contributed by atoms with E-state index in [1.165, 1.54) is 5.69 Å². The predicted molar refractivity (Wildman–Crippen MR) is 71.5 cm³/mol. The molecule has 0 bridgehead atoms. The zero-order valence-electron chi connectivity index (χ0n) is 11.6. The summed E-state index contributed by atoms with van der Waals surface area (Å²) >= 11 is 0. The Kier molecular flexibility index (Phi) is 4.74. The van der Waals surface area contributed by atoms with Crippen LogP contribution in [0.1, 0.15) is 18.3 Å². The zero-order chi connectivity index (χ0) is 13.0. The summed E-state index contributed by atoms with van der Waals surface area (Å²) in [5.74, 6) is 0. The minimum Gasteiger partial charge on any atom is -0.378 e. The van der Waals surface area contributed by atoms with Crippen LogP contribution in [0.2, 0.25) is 0 Å². The van der Waals surface area contributed by atoms with E-state index in [9.17, 15) is 0 Å². The highest BCUT2D eigenvalue weighted by Crippen LogP contribution is 2.12. The maximum Gasteiger partial charge on any atom is 0.0635 e. The van der Waals surface area contributed by atoms with Gasteiger partial charge in [0.25, 0.3) is 0 Å². The van der Waals surface area contributed by atoms with Gasteiger partial charge in [-0.15, -0.1) is 0 Å². The second kappa shape index (κ2) is 6.31. The molecule has 2 rings (SSSR count). The van der Waals surface area contributed by atoms with Gasteiger partial charge >= 0.3 is 0 Å². The minimum absolute atomic E-state index is 0.467. The fourth-order valence-corrected chi connectivity index (χ4v) is 2.42. The number of rotatable bonds is 5. The van der Waals surface area contributed by atoms with E-state index < -0.39 is 0 Å². The number of hydrogen-bond donors (Lipinski definition) is 1. The quantitative estimate of drug-likeness (QED) is 0.830. The zero-order valence-corrected chi connectivity index (χ0v) is 11.6. The average Bonchev–Trinajstić information content (AvgIpc) is 2.67. The monoisotopic (exact) mass is 252 g/mol. The van der Waals surface area contributed by atoms with Crippen molar-refractivity contribution in [3.63, 3.8) is 0 Å². The van der Waals surface area contributed by atoms with Crippen molar-refractivity contribution in [2.24, 2.45) is 7.05 Å². The molecule has 1 aliphatic heterocycles. The summed E-state index contributed by atoms with van der Waals surface area (Å²) in [4.78, 5) is 2.49. The third-order valence-corrected chi connectivity index (χ3v) is 3.44. The average molecular weight is 252 g/mol. The second-order valence-electron chi connectivity index (χ2n) is 4.91. The molecule has 1 aliphatic rings. The van der Waals surface area contributed by atoms with E-state index in [0.717, 1.165) is 45.1 Å². The number of nitrogens with zero attached hydrogens (tertiary/aromatic N) is 3. The van der Waals surface area contributed by atoms with Crippen molar-refractivity contribution in [2.45, 2.75) is 26.4 Å². The van der Waals surface area contributed by atoms with Crippen LogP contribution in [0.5, 0.6) is 0 Å². The SMILES string of the molecule is CCNCC1COCCN1Cc1cc(C)nn1C. The molecule has 1 aromatic heterocycles. The Morgan fingerprint density at radius 3 is 3.06 bits per heavy atom. The lowest BCUT2D eigenvalue weighted by Crippen LogP contribution is -2.50. The molecule has 2 heterocycles. The first-order valence-corrected chi connectivity index (χ1v) is 6.72. The van der Waals surface area contributed by atoms with Crippen molar-refractivity contribution in [1.82, 2.24) is 20.0 Å². The van der Waals surface area contributed by atoms with Gasteiger partial charge in [0.1, 0.15) is 0 Å². The van der Waals surface area contributed by atoms with Crippen LogP contribution >= 0.6 is 0 Å². The van der Waals surface area contributed by atoms with E-state index in [4.69, 9.17) is 4.74 Å². The van der Waals surface area contributed by atoms with Crippen LogP contribution in [0.4, 0.5) is 0 Å². The molecular formula is C13H24N4O. The molecule has 18 heavy (non-hydrogen) atoms. The standard InChI is InChI=1S/C13H24N4O/c1-4-14-8-13-10-18-6-5-17(13)9-12-7-11(2)15-16(12)3/h7,13-14H,4-6,8-10H2,1-3H3. The highest BCUT2D eigenvalue weighted by atomic mass is 16.5. The molecule has 0 saturated carbocycles. The number of aromatic nitrogens is 2. The van der Waals surface area contributed by atoms with Gasteiger partial charge in [0.15, 0.2) is 0 Å². The van der Waals surface area contributed by atoms with E-state index in [1.54, 1.807) is 0 Å². The van der Waals surface area contributed by atoms with Gasteiger partial charge in [0, 0.05) is 32.7 Å². The molecule has 0 aromatic carbocycles. The molecule has 5 nitrogen and oxygen atoms in total. The molecule has 0 spiro atoms. The summed E-state index contributed by atoms with van der Waals surface area (Å²) in [5.41, 5.74) is 2.36. The van der Waals surface area contributed by atoms with Crippen LogP contribution in [0, 0.1) is 6.92 Å². The van der Waals surface area contributed by atoms with Crippen LogP contribution < -0.4 is 5.32 Å². The van der Waals surface area contributed by atoms with Crippen molar-refractivity contribution in [1.29, 1.82) is 0 Å². The summed E-state index contributed by atoms with van der Waals surface area (Å²) in [6.07, 6.45) is 0. The lowest BCUT2D eigenvalue weighted by atomic mass is 10.2.